The number of hydrogen-bond acceptors (Lipinski definition) is 2. The van der Waals surface area contributed by atoms with Gasteiger partial charge in [-0.25, -0.2) is 0 Å². The van der Waals surface area contributed by atoms with Crippen LogP contribution in [0.25, 0.3) is 0 Å². The minimum atomic E-state index is -0.149. The second-order valence-corrected chi connectivity index (χ2v) is 3.31. The molecule has 3 heteroatoms. The summed E-state index contributed by atoms with van der Waals surface area (Å²) in [6, 6.07) is 0. The molecule has 0 fully saturated rings. The van der Waals surface area contributed by atoms with Gasteiger partial charge in [0, 0.05) is 5.57 Å². The van der Waals surface area contributed by atoms with Gasteiger partial charge in [0.25, 0.3) is 0 Å². The number of nitrogens with one attached hydrogen (secondary N) is 1. The lowest BCUT2D eigenvalue weighted by Crippen LogP contribution is -2.27. The number of carbonyl (C=O) groups excluding carboxylic acids is 1. The Hall–Kier alpha value is -0.830. The number of ether oxygens (including phenoxy) is 1. The predicted molar refractivity (Wildman–Crippen MR) is 53.2 cm³/mol. The van der Waals surface area contributed by atoms with Crippen molar-refractivity contribution in [1.82, 2.24) is 5.32 Å². The summed E-state index contributed by atoms with van der Waals surface area (Å²) in [5.74, 6) is 0.394. The van der Waals surface area contributed by atoms with Gasteiger partial charge in [-0.2, -0.15) is 0 Å². The Bertz CT molecular complexity index is 178. The summed E-state index contributed by atoms with van der Waals surface area (Å²) in [4.78, 5) is 11.0. The van der Waals surface area contributed by atoms with Gasteiger partial charge in [-0.1, -0.05) is 26.8 Å². The summed E-state index contributed by atoms with van der Waals surface area (Å²) in [5.41, 5.74) is 0.507. The molecule has 0 saturated carbocycles. The molecule has 0 heterocycles. The lowest BCUT2D eigenvalue weighted by molar-refractivity contribution is -0.119. The Balaban J connectivity index is 3.36. The van der Waals surface area contributed by atoms with E-state index in [1.165, 1.54) is 0 Å². The van der Waals surface area contributed by atoms with Gasteiger partial charge in [-0.05, 0) is 12.8 Å². The third-order valence-electron chi connectivity index (χ3n) is 1.82. The van der Waals surface area contributed by atoms with Crippen LogP contribution in [0.15, 0.2) is 12.2 Å². The highest BCUT2D eigenvalue weighted by molar-refractivity contribution is 5.91. The monoisotopic (exact) mass is 185 g/mol. The molecule has 0 radical (unpaired) electrons. The maximum atomic E-state index is 11.0. The molecule has 76 valence electrons. The molecule has 1 atom stereocenters. The third kappa shape index (κ3) is 6.34. The minimum absolute atomic E-state index is 0.149. The lowest BCUT2D eigenvalue weighted by atomic mass is 10.1. The molecule has 0 aromatic rings. The highest BCUT2D eigenvalue weighted by Gasteiger charge is 2.01. The molecule has 0 aromatic carbocycles. The number of hydrogen-bond donors (Lipinski definition) is 1. The van der Waals surface area contributed by atoms with Crippen LogP contribution < -0.4 is 5.32 Å². The first-order chi connectivity index (χ1) is 6.07. The van der Waals surface area contributed by atoms with Crippen LogP contribution in [0, 0.1) is 5.92 Å². The van der Waals surface area contributed by atoms with Crippen LogP contribution in [0.1, 0.15) is 27.2 Å². The molecule has 0 spiro atoms. The van der Waals surface area contributed by atoms with Gasteiger partial charge in [0.2, 0.25) is 5.91 Å². The van der Waals surface area contributed by atoms with Crippen LogP contribution in [0.2, 0.25) is 0 Å². The molecule has 0 saturated heterocycles. The topological polar surface area (TPSA) is 38.3 Å². The predicted octanol–water partition coefficient (Wildman–Crippen LogP) is 1.70. The molecule has 1 N–H and O–H groups in total. The fourth-order valence-corrected chi connectivity index (χ4v) is 0.645. The van der Waals surface area contributed by atoms with Crippen molar-refractivity contribution in [2.24, 2.45) is 5.92 Å². The summed E-state index contributed by atoms with van der Waals surface area (Å²) in [7, 11) is 0. The third-order valence-corrected chi connectivity index (χ3v) is 1.82. The van der Waals surface area contributed by atoms with E-state index in [0.29, 0.717) is 18.1 Å². The zero-order valence-electron chi connectivity index (χ0n) is 8.72. The fraction of sp³-hybridized carbons (Fsp3) is 0.700. The Morgan fingerprint density at radius 1 is 1.62 bits per heavy atom. The number of amides is 1. The fourth-order valence-electron chi connectivity index (χ4n) is 0.645. The summed E-state index contributed by atoms with van der Waals surface area (Å²) in [6.07, 6.45) is 1.09. The first-order valence-electron chi connectivity index (χ1n) is 4.59. The summed E-state index contributed by atoms with van der Waals surface area (Å²) >= 11 is 0. The first kappa shape index (κ1) is 12.2. The van der Waals surface area contributed by atoms with Crippen molar-refractivity contribution in [2.45, 2.75) is 27.2 Å². The van der Waals surface area contributed by atoms with E-state index < -0.39 is 0 Å². The van der Waals surface area contributed by atoms with Crippen molar-refractivity contribution in [2.75, 3.05) is 13.3 Å². The average molecular weight is 185 g/mol. The highest BCUT2D eigenvalue weighted by Crippen LogP contribution is 1.99. The van der Waals surface area contributed by atoms with E-state index in [2.05, 4.69) is 25.7 Å². The standard InChI is InChI=1S/C10H19NO2/c1-5-9(4)6-13-7-11-10(12)8(2)3/h9H,2,5-7H2,1,3-4H3,(H,11,12). The van der Waals surface area contributed by atoms with E-state index in [1.54, 1.807) is 6.92 Å². The van der Waals surface area contributed by atoms with Gasteiger partial charge in [-0.15, -0.1) is 0 Å². The SMILES string of the molecule is C=C(C)C(=O)NCOCC(C)CC. The minimum Gasteiger partial charge on any atom is -0.361 e. The average Bonchev–Trinajstić information content (AvgIpc) is 2.11. The van der Waals surface area contributed by atoms with Crippen molar-refractivity contribution < 1.29 is 9.53 Å². The van der Waals surface area contributed by atoms with Crippen molar-refractivity contribution in [3.63, 3.8) is 0 Å². The van der Waals surface area contributed by atoms with Crippen LogP contribution in [0.5, 0.6) is 0 Å². The smallest absolute Gasteiger partial charge is 0.248 e. The quantitative estimate of drug-likeness (QED) is 0.388. The van der Waals surface area contributed by atoms with Gasteiger partial charge < -0.3 is 10.1 Å². The molecular formula is C10H19NO2. The van der Waals surface area contributed by atoms with Crippen molar-refractivity contribution in [3.05, 3.63) is 12.2 Å². The second-order valence-electron chi connectivity index (χ2n) is 3.31. The van der Waals surface area contributed by atoms with Gasteiger partial charge in [-0.3, -0.25) is 4.79 Å². The molecule has 0 bridgehead atoms. The maximum absolute atomic E-state index is 11.0. The van der Waals surface area contributed by atoms with Gasteiger partial charge in [0.15, 0.2) is 0 Å². The molecule has 0 aliphatic rings. The number of carbonyl (C=O) groups is 1. The van der Waals surface area contributed by atoms with Crippen molar-refractivity contribution >= 4 is 5.91 Å². The van der Waals surface area contributed by atoms with E-state index in [0.717, 1.165) is 6.42 Å². The van der Waals surface area contributed by atoms with Crippen LogP contribution in [0.4, 0.5) is 0 Å². The van der Waals surface area contributed by atoms with Crippen molar-refractivity contribution in [1.29, 1.82) is 0 Å². The number of rotatable bonds is 6. The molecule has 0 aliphatic heterocycles. The Labute approximate surface area is 80.2 Å². The molecule has 3 nitrogen and oxygen atoms in total. The van der Waals surface area contributed by atoms with E-state index in [1.807, 2.05) is 0 Å². The summed E-state index contributed by atoms with van der Waals surface area (Å²) in [5, 5.41) is 2.60. The van der Waals surface area contributed by atoms with Crippen LogP contribution in [-0.4, -0.2) is 19.2 Å². The molecule has 13 heavy (non-hydrogen) atoms. The summed E-state index contributed by atoms with van der Waals surface area (Å²) in [6.45, 7) is 10.4. The van der Waals surface area contributed by atoms with Crippen LogP contribution in [0.3, 0.4) is 0 Å². The molecular weight excluding hydrogens is 166 g/mol. The second kappa shape index (κ2) is 6.66. The van der Waals surface area contributed by atoms with Gasteiger partial charge in [0.05, 0.1) is 6.61 Å². The highest BCUT2D eigenvalue weighted by atomic mass is 16.5. The zero-order valence-corrected chi connectivity index (χ0v) is 8.72. The molecule has 1 amide bonds. The Morgan fingerprint density at radius 3 is 2.69 bits per heavy atom. The van der Waals surface area contributed by atoms with E-state index >= 15 is 0 Å². The molecule has 0 aromatic heterocycles. The zero-order chi connectivity index (χ0) is 10.3. The first-order valence-corrected chi connectivity index (χ1v) is 4.59. The van der Waals surface area contributed by atoms with Crippen molar-refractivity contribution in [3.8, 4) is 0 Å². The Morgan fingerprint density at radius 2 is 2.23 bits per heavy atom. The van der Waals surface area contributed by atoms with E-state index in [9.17, 15) is 4.79 Å². The van der Waals surface area contributed by atoms with E-state index in [4.69, 9.17) is 4.74 Å². The van der Waals surface area contributed by atoms with Gasteiger partial charge >= 0.3 is 0 Å². The molecule has 0 aliphatic carbocycles. The molecule has 0 rings (SSSR count). The maximum Gasteiger partial charge on any atom is 0.248 e. The normalized spacial score (nSPS) is 12.2. The largest absolute Gasteiger partial charge is 0.361 e. The van der Waals surface area contributed by atoms with E-state index in [-0.39, 0.29) is 12.6 Å². The van der Waals surface area contributed by atoms with Gasteiger partial charge in [0.1, 0.15) is 6.73 Å². The summed E-state index contributed by atoms with van der Waals surface area (Å²) < 4.78 is 5.23. The Kier molecular flexibility index (Phi) is 6.24. The lowest BCUT2D eigenvalue weighted by Gasteiger charge is -2.09. The molecule has 1 unspecified atom stereocenters. The van der Waals surface area contributed by atoms with Crippen LogP contribution >= 0.6 is 0 Å². The van der Waals surface area contributed by atoms with Crippen LogP contribution in [-0.2, 0) is 9.53 Å².